The molecule has 0 radical (unpaired) electrons. The van der Waals surface area contributed by atoms with Gasteiger partial charge in [-0.15, -0.1) is 11.3 Å². The summed E-state index contributed by atoms with van der Waals surface area (Å²) in [5.74, 6) is -0.205. The van der Waals surface area contributed by atoms with Crippen LogP contribution in [-0.2, 0) is 4.79 Å². The number of halogens is 2. The van der Waals surface area contributed by atoms with E-state index < -0.39 is 0 Å². The van der Waals surface area contributed by atoms with Crippen molar-refractivity contribution in [3.63, 3.8) is 0 Å². The number of carbonyl (C=O) groups excluding carboxylic acids is 1. The van der Waals surface area contributed by atoms with Gasteiger partial charge in [-0.2, -0.15) is 0 Å². The zero-order chi connectivity index (χ0) is 16.4. The van der Waals surface area contributed by atoms with E-state index >= 15 is 0 Å². The summed E-state index contributed by atoms with van der Waals surface area (Å²) < 4.78 is 1.10. The molecule has 3 rings (SSSR count). The van der Waals surface area contributed by atoms with Crippen molar-refractivity contribution in [1.29, 1.82) is 0 Å². The van der Waals surface area contributed by atoms with Gasteiger partial charge >= 0.3 is 0 Å². The molecule has 1 N–H and O–H groups in total. The zero-order valence-corrected chi connectivity index (χ0v) is 14.6. The Morgan fingerprint density at radius 3 is 2.70 bits per heavy atom. The lowest BCUT2D eigenvalue weighted by Gasteiger charge is -2.06. The highest BCUT2D eigenvalue weighted by Crippen LogP contribution is 2.35. The molecule has 1 heterocycles. The molecule has 3 aromatic rings. The third kappa shape index (κ3) is 3.58. The highest BCUT2D eigenvalue weighted by Gasteiger charge is 2.08. The average molecular weight is 362 g/mol. The van der Waals surface area contributed by atoms with Crippen molar-refractivity contribution in [2.75, 3.05) is 5.32 Å². The van der Waals surface area contributed by atoms with Crippen LogP contribution in [0.3, 0.4) is 0 Å². The van der Waals surface area contributed by atoms with Crippen molar-refractivity contribution in [3.8, 4) is 0 Å². The van der Waals surface area contributed by atoms with Crippen LogP contribution in [0, 0.1) is 6.92 Å². The summed E-state index contributed by atoms with van der Waals surface area (Å²) in [7, 11) is 0. The quantitative estimate of drug-likeness (QED) is 0.555. The summed E-state index contributed by atoms with van der Waals surface area (Å²) in [6.07, 6.45) is 3.23. The topological polar surface area (TPSA) is 29.1 Å². The SMILES string of the molecule is Cc1cc(Cl)ccc1NC(=O)/C=C/c1sc2ccccc2c1Cl. The first-order valence-electron chi connectivity index (χ1n) is 6.97. The molecule has 5 heteroatoms. The number of rotatable bonds is 3. The molecule has 0 spiro atoms. The zero-order valence-electron chi connectivity index (χ0n) is 12.3. The van der Waals surface area contributed by atoms with Crippen LogP contribution in [0.15, 0.2) is 48.5 Å². The maximum atomic E-state index is 12.1. The monoisotopic (exact) mass is 361 g/mol. The fraction of sp³-hybridized carbons (Fsp3) is 0.0556. The highest BCUT2D eigenvalue weighted by atomic mass is 35.5. The molecule has 0 aliphatic heterocycles. The number of benzene rings is 2. The van der Waals surface area contributed by atoms with Crippen molar-refractivity contribution in [1.82, 2.24) is 0 Å². The van der Waals surface area contributed by atoms with Gasteiger partial charge in [-0.25, -0.2) is 0 Å². The second kappa shape index (κ2) is 6.75. The van der Waals surface area contributed by atoms with Crippen LogP contribution in [0.25, 0.3) is 16.2 Å². The number of carbonyl (C=O) groups is 1. The van der Waals surface area contributed by atoms with Gasteiger partial charge in [-0.05, 0) is 42.8 Å². The molecule has 116 valence electrons. The van der Waals surface area contributed by atoms with Crippen LogP contribution >= 0.6 is 34.5 Å². The Hall–Kier alpha value is -1.81. The van der Waals surface area contributed by atoms with E-state index in [2.05, 4.69) is 5.32 Å². The molecule has 2 aromatic carbocycles. The average Bonchev–Trinajstić information content (AvgIpc) is 2.85. The molecule has 0 saturated carbocycles. The molecule has 23 heavy (non-hydrogen) atoms. The number of amides is 1. The Labute approximate surface area is 148 Å². The Morgan fingerprint density at radius 1 is 1.17 bits per heavy atom. The third-order valence-electron chi connectivity index (χ3n) is 3.39. The van der Waals surface area contributed by atoms with Crippen LogP contribution in [0.5, 0.6) is 0 Å². The number of fused-ring (bicyclic) bond motifs is 1. The number of nitrogens with one attached hydrogen (secondary N) is 1. The van der Waals surface area contributed by atoms with Crippen molar-refractivity contribution < 1.29 is 4.79 Å². The van der Waals surface area contributed by atoms with Gasteiger partial charge in [0.05, 0.1) is 5.02 Å². The predicted molar refractivity (Wildman–Crippen MR) is 101 cm³/mol. The molecule has 0 unspecified atom stereocenters. The largest absolute Gasteiger partial charge is 0.322 e. The second-order valence-electron chi connectivity index (χ2n) is 5.06. The van der Waals surface area contributed by atoms with E-state index in [0.29, 0.717) is 10.0 Å². The normalized spacial score (nSPS) is 11.3. The minimum Gasteiger partial charge on any atom is -0.322 e. The van der Waals surface area contributed by atoms with Crippen molar-refractivity contribution in [2.45, 2.75) is 6.92 Å². The van der Waals surface area contributed by atoms with E-state index in [-0.39, 0.29) is 5.91 Å². The van der Waals surface area contributed by atoms with Gasteiger partial charge < -0.3 is 5.32 Å². The van der Waals surface area contributed by atoms with Crippen LogP contribution < -0.4 is 5.32 Å². The van der Waals surface area contributed by atoms with Crippen molar-refractivity contribution in [2.24, 2.45) is 0 Å². The minimum atomic E-state index is -0.205. The van der Waals surface area contributed by atoms with Gasteiger partial charge in [-0.3, -0.25) is 4.79 Å². The van der Waals surface area contributed by atoms with E-state index in [4.69, 9.17) is 23.2 Å². The first kappa shape index (κ1) is 16.1. The number of anilines is 1. The van der Waals surface area contributed by atoms with Gasteiger partial charge in [0, 0.05) is 31.7 Å². The lowest BCUT2D eigenvalue weighted by Crippen LogP contribution is -2.08. The Balaban J connectivity index is 1.78. The lowest BCUT2D eigenvalue weighted by molar-refractivity contribution is -0.111. The Bertz CT molecular complexity index is 915. The van der Waals surface area contributed by atoms with E-state index in [1.807, 2.05) is 37.3 Å². The summed E-state index contributed by atoms with van der Waals surface area (Å²) in [5.41, 5.74) is 1.66. The molecule has 0 saturated heterocycles. The predicted octanol–water partition coefficient (Wildman–Crippen LogP) is 6.17. The van der Waals surface area contributed by atoms with E-state index in [9.17, 15) is 4.79 Å². The summed E-state index contributed by atoms with van der Waals surface area (Å²) in [5, 5.41) is 5.17. The van der Waals surface area contributed by atoms with Gasteiger partial charge in [-0.1, -0.05) is 41.4 Å². The van der Waals surface area contributed by atoms with Crippen LogP contribution in [0.2, 0.25) is 10.0 Å². The summed E-state index contributed by atoms with van der Waals surface area (Å²) in [4.78, 5) is 13.0. The summed E-state index contributed by atoms with van der Waals surface area (Å²) in [6.45, 7) is 1.90. The maximum absolute atomic E-state index is 12.1. The standard InChI is InChI=1S/C18H13Cl2NOS/c1-11-10-12(19)6-7-14(11)21-17(22)9-8-16-18(20)13-4-2-3-5-15(13)23-16/h2-10H,1H3,(H,21,22)/b9-8+. The molecule has 0 bridgehead atoms. The molecule has 0 fully saturated rings. The molecule has 0 atom stereocenters. The number of aryl methyl sites for hydroxylation is 1. The number of hydrogen-bond acceptors (Lipinski definition) is 2. The fourth-order valence-corrected chi connectivity index (χ4v) is 3.86. The van der Waals surface area contributed by atoms with Gasteiger partial charge in [0.1, 0.15) is 0 Å². The minimum absolute atomic E-state index is 0.205. The van der Waals surface area contributed by atoms with E-state index in [1.165, 1.54) is 6.08 Å². The van der Waals surface area contributed by atoms with Crippen molar-refractivity contribution >= 4 is 62.3 Å². The first-order valence-corrected chi connectivity index (χ1v) is 8.54. The number of thiophene rings is 1. The van der Waals surface area contributed by atoms with Gasteiger partial charge in [0.25, 0.3) is 0 Å². The molecular formula is C18H13Cl2NOS. The molecule has 0 aliphatic rings. The molecule has 2 nitrogen and oxygen atoms in total. The van der Waals surface area contributed by atoms with Gasteiger partial charge in [0.2, 0.25) is 5.91 Å². The Morgan fingerprint density at radius 2 is 1.96 bits per heavy atom. The van der Waals surface area contributed by atoms with Crippen LogP contribution in [0.4, 0.5) is 5.69 Å². The molecule has 0 aliphatic carbocycles. The fourth-order valence-electron chi connectivity index (χ4n) is 2.23. The highest BCUT2D eigenvalue weighted by molar-refractivity contribution is 7.20. The summed E-state index contributed by atoms with van der Waals surface area (Å²) >= 11 is 13.8. The molecule has 1 aromatic heterocycles. The van der Waals surface area contributed by atoms with Crippen LogP contribution in [-0.4, -0.2) is 5.91 Å². The van der Waals surface area contributed by atoms with Crippen LogP contribution in [0.1, 0.15) is 10.4 Å². The Kier molecular flexibility index (Phi) is 4.71. The maximum Gasteiger partial charge on any atom is 0.248 e. The number of hydrogen-bond donors (Lipinski definition) is 1. The molecule has 1 amide bonds. The molecular weight excluding hydrogens is 349 g/mol. The van der Waals surface area contributed by atoms with E-state index in [0.717, 1.165) is 26.2 Å². The van der Waals surface area contributed by atoms with Gasteiger partial charge in [0.15, 0.2) is 0 Å². The first-order chi connectivity index (χ1) is 11.0. The summed E-state index contributed by atoms with van der Waals surface area (Å²) in [6, 6.07) is 13.3. The van der Waals surface area contributed by atoms with E-state index in [1.54, 1.807) is 29.5 Å². The second-order valence-corrected chi connectivity index (χ2v) is 6.96. The smallest absolute Gasteiger partial charge is 0.248 e. The lowest BCUT2D eigenvalue weighted by atomic mass is 10.2. The third-order valence-corrected chi connectivity index (χ3v) is 5.28. The van der Waals surface area contributed by atoms with Crippen molar-refractivity contribution in [3.05, 3.63) is 69.0 Å².